The molecule has 0 spiro atoms. The van der Waals surface area contributed by atoms with E-state index in [2.05, 4.69) is 75.8 Å². The minimum atomic E-state index is 0.914. The van der Waals surface area contributed by atoms with Gasteiger partial charge < -0.3 is 4.74 Å². The number of ether oxygens (including phenoxy) is 1. The van der Waals surface area contributed by atoms with Gasteiger partial charge in [-0.15, -0.1) is 0 Å². The Morgan fingerprint density at radius 2 is 1.74 bits per heavy atom. The van der Waals surface area contributed by atoms with Gasteiger partial charge >= 0.3 is 0 Å². The topological polar surface area (TPSA) is 9.23 Å². The lowest BCUT2D eigenvalue weighted by Crippen LogP contribution is -1.94. The first-order valence-corrected chi connectivity index (χ1v) is 8.11. The summed E-state index contributed by atoms with van der Waals surface area (Å²) in [5.74, 6) is 0.914. The molecule has 0 aliphatic rings. The monoisotopic (exact) mass is 430 g/mol. The smallest absolute Gasteiger partial charge is 0.133 e. The van der Waals surface area contributed by atoms with Crippen LogP contribution in [0.15, 0.2) is 40.9 Å². The molecular weight excluding hydrogens is 415 g/mol. The second-order valence-corrected chi connectivity index (χ2v) is 6.44. The lowest BCUT2D eigenvalue weighted by atomic mass is 10.0. The van der Waals surface area contributed by atoms with Crippen LogP contribution in [0.3, 0.4) is 0 Å². The molecule has 0 amide bonds. The maximum Gasteiger partial charge on any atom is 0.133 e. The van der Waals surface area contributed by atoms with Crippen LogP contribution in [-0.4, -0.2) is 7.11 Å². The molecule has 0 bridgehead atoms. The van der Waals surface area contributed by atoms with Crippen LogP contribution in [0.25, 0.3) is 0 Å². The average Bonchev–Trinajstić information content (AvgIpc) is 2.43. The van der Waals surface area contributed by atoms with Gasteiger partial charge in [0, 0.05) is 4.47 Å². The first-order valence-electron chi connectivity index (χ1n) is 6.23. The van der Waals surface area contributed by atoms with Crippen molar-refractivity contribution in [2.45, 2.75) is 19.8 Å². The molecule has 0 aliphatic heterocycles. The molecule has 0 saturated heterocycles. The van der Waals surface area contributed by atoms with E-state index in [0.717, 1.165) is 26.6 Å². The number of aryl methyl sites for hydroxylation is 1. The molecule has 100 valence electrons. The van der Waals surface area contributed by atoms with Gasteiger partial charge in [-0.05, 0) is 64.3 Å². The number of methoxy groups -OCH3 is 1. The second kappa shape index (κ2) is 6.75. The molecule has 0 atom stereocenters. The second-order valence-electron chi connectivity index (χ2n) is 4.42. The highest BCUT2D eigenvalue weighted by Gasteiger charge is 2.07. The average molecular weight is 431 g/mol. The maximum absolute atomic E-state index is 5.32. The summed E-state index contributed by atoms with van der Waals surface area (Å²) in [4.78, 5) is 0. The van der Waals surface area contributed by atoms with Gasteiger partial charge in [-0.25, -0.2) is 0 Å². The Labute approximate surface area is 136 Å². The van der Waals surface area contributed by atoms with Crippen LogP contribution in [-0.2, 0) is 12.8 Å². The molecule has 0 aromatic heterocycles. The molecule has 0 unspecified atom stereocenters. The standard InChI is InChI=1S/C16H16BrIO/c1-3-11-4-6-12(7-5-11)8-13-9-15(18)16(19-2)10-14(13)17/h4-7,9-10H,3,8H2,1-2H3. The van der Waals surface area contributed by atoms with Crippen molar-refractivity contribution in [1.29, 1.82) is 0 Å². The fraction of sp³-hybridized carbons (Fsp3) is 0.250. The Bertz CT molecular complexity index is 564. The normalized spacial score (nSPS) is 10.5. The molecule has 2 aromatic rings. The summed E-state index contributed by atoms with van der Waals surface area (Å²) in [6.07, 6.45) is 2.02. The largest absolute Gasteiger partial charge is 0.496 e. The van der Waals surface area contributed by atoms with Crippen LogP contribution in [0.2, 0.25) is 0 Å². The fourth-order valence-corrected chi connectivity index (χ4v) is 3.19. The van der Waals surface area contributed by atoms with Gasteiger partial charge in [0.05, 0.1) is 10.7 Å². The third kappa shape index (κ3) is 3.72. The van der Waals surface area contributed by atoms with Crippen molar-refractivity contribution in [3.8, 4) is 5.75 Å². The van der Waals surface area contributed by atoms with E-state index >= 15 is 0 Å². The van der Waals surface area contributed by atoms with Gasteiger partial charge in [-0.1, -0.05) is 47.1 Å². The number of hydrogen-bond donors (Lipinski definition) is 0. The molecular formula is C16H16BrIO. The molecule has 0 heterocycles. The molecule has 0 aliphatic carbocycles. The van der Waals surface area contributed by atoms with Gasteiger partial charge in [0.25, 0.3) is 0 Å². The highest BCUT2D eigenvalue weighted by Crippen LogP contribution is 2.30. The number of halogens is 2. The zero-order valence-electron chi connectivity index (χ0n) is 11.0. The summed E-state index contributed by atoms with van der Waals surface area (Å²) < 4.78 is 7.57. The summed E-state index contributed by atoms with van der Waals surface area (Å²) >= 11 is 5.94. The Kier molecular flexibility index (Phi) is 5.28. The van der Waals surface area contributed by atoms with E-state index < -0.39 is 0 Å². The van der Waals surface area contributed by atoms with Crippen molar-refractivity contribution < 1.29 is 4.74 Å². The van der Waals surface area contributed by atoms with Crippen molar-refractivity contribution in [2.75, 3.05) is 7.11 Å². The first kappa shape index (κ1) is 14.9. The van der Waals surface area contributed by atoms with E-state index in [1.54, 1.807) is 7.11 Å². The molecule has 2 aromatic carbocycles. The minimum absolute atomic E-state index is 0.914. The number of hydrogen-bond acceptors (Lipinski definition) is 1. The van der Waals surface area contributed by atoms with Crippen molar-refractivity contribution in [1.82, 2.24) is 0 Å². The van der Waals surface area contributed by atoms with Crippen LogP contribution < -0.4 is 4.74 Å². The highest BCUT2D eigenvalue weighted by molar-refractivity contribution is 14.1. The van der Waals surface area contributed by atoms with Crippen LogP contribution in [0.5, 0.6) is 5.75 Å². The molecule has 3 heteroatoms. The molecule has 1 nitrogen and oxygen atoms in total. The highest BCUT2D eigenvalue weighted by atomic mass is 127. The summed E-state index contributed by atoms with van der Waals surface area (Å²) in [5, 5.41) is 0. The third-order valence-corrected chi connectivity index (χ3v) is 4.73. The third-order valence-electron chi connectivity index (χ3n) is 3.15. The Morgan fingerprint density at radius 1 is 1.11 bits per heavy atom. The molecule has 2 rings (SSSR count). The Morgan fingerprint density at radius 3 is 2.32 bits per heavy atom. The van der Waals surface area contributed by atoms with E-state index in [0.29, 0.717) is 0 Å². The van der Waals surface area contributed by atoms with Crippen molar-refractivity contribution in [2.24, 2.45) is 0 Å². The zero-order valence-corrected chi connectivity index (χ0v) is 14.8. The summed E-state index contributed by atoms with van der Waals surface area (Å²) in [5.41, 5.74) is 4.00. The van der Waals surface area contributed by atoms with Crippen LogP contribution in [0.1, 0.15) is 23.6 Å². The maximum atomic E-state index is 5.32. The summed E-state index contributed by atoms with van der Waals surface area (Å²) in [6.45, 7) is 2.18. The van der Waals surface area contributed by atoms with E-state index in [1.165, 1.54) is 16.7 Å². The zero-order chi connectivity index (χ0) is 13.8. The molecule has 0 saturated carbocycles. The number of rotatable bonds is 4. The van der Waals surface area contributed by atoms with Crippen molar-refractivity contribution in [3.05, 3.63) is 61.1 Å². The van der Waals surface area contributed by atoms with E-state index in [9.17, 15) is 0 Å². The van der Waals surface area contributed by atoms with Gasteiger partial charge in [-0.2, -0.15) is 0 Å². The van der Waals surface area contributed by atoms with Crippen molar-refractivity contribution in [3.63, 3.8) is 0 Å². The van der Waals surface area contributed by atoms with E-state index in [1.807, 2.05) is 6.07 Å². The minimum Gasteiger partial charge on any atom is -0.496 e. The van der Waals surface area contributed by atoms with Crippen LogP contribution >= 0.6 is 38.5 Å². The van der Waals surface area contributed by atoms with Gasteiger partial charge in [0.15, 0.2) is 0 Å². The summed E-state index contributed by atoms with van der Waals surface area (Å²) in [6, 6.07) is 13.1. The number of benzene rings is 2. The van der Waals surface area contributed by atoms with E-state index in [4.69, 9.17) is 4.74 Å². The molecule has 0 radical (unpaired) electrons. The molecule has 0 N–H and O–H groups in total. The van der Waals surface area contributed by atoms with Crippen LogP contribution in [0.4, 0.5) is 0 Å². The van der Waals surface area contributed by atoms with Gasteiger partial charge in [-0.3, -0.25) is 0 Å². The fourth-order valence-electron chi connectivity index (χ4n) is 1.97. The predicted molar refractivity (Wildman–Crippen MR) is 92.0 cm³/mol. The SMILES string of the molecule is CCc1ccc(Cc2cc(I)c(OC)cc2Br)cc1. The predicted octanol–water partition coefficient (Wildman–Crippen LogP) is 5.22. The van der Waals surface area contributed by atoms with E-state index in [-0.39, 0.29) is 0 Å². The van der Waals surface area contributed by atoms with Gasteiger partial charge in [0.2, 0.25) is 0 Å². The lowest BCUT2D eigenvalue weighted by molar-refractivity contribution is 0.411. The lowest BCUT2D eigenvalue weighted by Gasteiger charge is -2.10. The van der Waals surface area contributed by atoms with Crippen molar-refractivity contribution >= 4 is 38.5 Å². The molecule has 19 heavy (non-hydrogen) atoms. The molecule has 0 fully saturated rings. The van der Waals surface area contributed by atoms with Gasteiger partial charge in [0.1, 0.15) is 5.75 Å². The van der Waals surface area contributed by atoms with Crippen LogP contribution in [0, 0.1) is 3.57 Å². The Balaban J connectivity index is 2.25. The first-order chi connectivity index (χ1) is 9.13. The Hall–Kier alpha value is -0.550. The summed E-state index contributed by atoms with van der Waals surface area (Å²) in [7, 11) is 1.70. The quantitative estimate of drug-likeness (QED) is 0.604.